The van der Waals surface area contributed by atoms with E-state index in [4.69, 9.17) is 4.74 Å². The lowest BCUT2D eigenvalue weighted by molar-refractivity contribution is -0.133. The number of carbonyl (C=O) groups excluding carboxylic acids is 2. The molecule has 39 heavy (non-hydrogen) atoms. The molecular weight excluding hydrogens is 609 g/mol. The lowest BCUT2D eigenvalue weighted by Crippen LogP contribution is -2.55. The molecule has 1 aliphatic rings. The second kappa shape index (κ2) is 13.8. The van der Waals surface area contributed by atoms with Gasteiger partial charge >= 0.3 is 0 Å². The topological polar surface area (TPSA) is 115 Å². The van der Waals surface area contributed by atoms with Crippen LogP contribution < -0.4 is 10.1 Å². The van der Waals surface area contributed by atoms with E-state index in [9.17, 15) is 19.8 Å². The number of hydrogen-bond donors (Lipinski definition) is 4. The standard InChI is InChI=1S/C30H34IN3O5/c1-2-3-12-28(36)34(15-13-22-17-20-8-4-6-10-24(20)33-22)25-18-21(30(38)32-14-16-35)19-27(29(25)37)39-26-11-7-5-9-23(26)31/h3-12,17,19,25,27,29,33,35,37H,2,13-16,18H2,1H3,(H,32,38)/t25-,27+,29+/m1/s1. The second-order valence-corrected chi connectivity index (χ2v) is 10.6. The molecule has 0 fully saturated rings. The van der Waals surface area contributed by atoms with Gasteiger partial charge in [0.15, 0.2) is 0 Å². The molecule has 4 rings (SSSR count). The quantitative estimate of drug-likeness (QED) is 0.188. The first-order valence-corrected chi connectivity index (χ1v) is 14.2. The van der Waals surface area contributed by atoms with Crippen molar-refractivity contribution in [3.8, 4) is 5.75 Å². The molecule has 1 aliphatic carbocycles. The molecule has 1 heterocycles. The third-order valence-electron chi connectivity index (χ3n) is 6.70. The summed E-state index contributed by atoms with van der Waals surface area (Å²) in [6.45, 7) is 2.20. The SMILES string of the molecule is CCC=CC(=O)N(CCc1cc2ccccc2[nH]1)[C@@H]1CC(C(=O)NCCO)=C[C@H](Oc2ccccc2I)[C@H]1O. The normalized spacial score (nSPS) is 19.2. The number of amides is 2. The number of carbonyl (C=O) groups is 2. The minimum atomic E-state index is -1.07. The molecule has 0 saturated carbocycles. The Bertz CT molecular complexity index is 1320. The van der Waals surface area contributed by atoms with Crippen molar-refractivity contribution in [2.45, 2.75) is 44.4 Å². The van der Waals surface area contributed by atoms with Crippen LogP contribution in [0.5, 0.6) is 5.75 Å². The van der Waals surface area contributed by atoms with E-state index in [1.807, 2.05) is 49.4 Å². The number of ether oxygens (including phenoxy) is 1. The lowest BCUT2D eigenvalue weighted by atomic mass is 9.88. The summed E-state index contributed by atoms with van der Waals surface area (Å²) in [4.78, 5) is 31.4. The minimum Gasteiger partial charge on any atom is -0.482 e. The van der Waals surface area contributed by atoms with E-state index < -0.39 is 18.2 Å². The molecule has 9 heteroatoms. The third kappa shape index (κ3) is 7.28. The van der Waals surface area contributed by atoms with Crippen molar-refractivity contribution in [1.29, 1.82) is 0 Å². The largest absolute Gasteiger partial charge is 0.482 e. The number of nitrogens with one attached hydrogen (secondary N) is 2. The average Bonchev–Trinajstić information content (AvgIpc) is 3.36. The number of para-hydroxylation sites is 2. The Morgan fingerprint density at radius 3 is 2.72 bits per heavy atom. The predicted molar refractivity (Wildman–Crippen MR) is 159 cm³/mol. The first-order valence-electron chi connectivity index (χ1n) is 13.1. The number of hydrogen-bond acceptors (Lipinski definition) is 5. The summed E-state index contributed by atoms with van der Waals surface area (Å²) in [6.07, 6.45) is 4.41. The van der Waals surface area contributed by atoms with Crippen LogP contribution >= 0.6 is 22.6 Å². The Kier molecular flexibility index (Phi) is 10.2. The summed E-state index contributed by atoms with van der Waals surface area (Å²) >= 11 is 2.16. The monoisotopic (exact) mass is 643 g/mol. The van der Waals surface area contributed by atoms with E-state index >= 15 is 0 Å². The summed E-state index contributed by atoms with van der Waals surface area (Å²) in [7, 11) is 0. The minimum absolute atomic E-state index is 0.105. The van der Waals surface area contributed by atoms with Crippen molar-refractivity contribution in [2.24, 2.45) is 0 Å². The molecule has 2 aromatic carbocycles. The predicted octanol–water partition coefficient (Wildman–Crippen LogP) is 3.73. The Balaban J connectivity index is 1.64. The van der Waals surface area contributed by atoms with Crippen molar-refractivity contribution in [2.75, 3.05) is 19.7 Å². The maximum Gasteiger partial charge on any atom is 0.247 e. The van der Waals surface area contributed by atoms with Crippen LogP contribution in [0, 0.1) is 3.57 Å². The number of aliphatic hydroxyl groups is 2. The van der Waals surface area contributed by atoms with E-state index in [0.717, 1.165) is 20.2 Å². The number of H-pyrrole nitrogens is 1. The first kappa shape index (κ1) is 28.8. The van der Waals surface area contributed by atoms with Gasteiger partial charge in [-0.3, -0.25) is 9.59 Å². The number of rotatable bonds is 11. The maximum absolute atomic E-state index is 13.4. The number of nitrogens with zero attached hydrogens (tertiary/aromatic N) is 1. The van der Waals surface area contributed by atoms with Gasteiger partial charge in [-0.05, 0) is 70.8 Å². The molecule has 0 saturated heterocycles. The molecule has 3 atom stereocenters. The molecule has 4 N–H and O–H groups in total. The van der Waals surface area contributed by atoms with Crippen LogP contribution in [0.2, 0.25) is 0 Å². The molecule has 0 aliphatic heterocycles. The second-order valence-electron chi connectivity index (χ2n) is 9.42. The van der Waals surface area contributed by atoms with E-state index in [-0.39, 0.29) is 31.4 Å². The Hall–Kier alpha value is -3.15. The fourth-order valence-corrected chi connectivity index (χ4v) is 5.24. The van der Waals surface area contributed by atoms with Crippen LogP contribution in [0.25, 0.3) is 10.9 Å². The molecule has 2 amide bonds. The molecule has 3 aromatic rings. The fourth-order valence-electron chi connectivity index (χ4n) is 4.73. The Morgan fingerprint density at radius 2 is 1.97 bits per heavy atom. The smallest absolute Gasteiger partial charge is 0.247 e. The van der Waals surface area contributed by atoms with Crippen LogP contribution in [0.3, 0.4) is 0 Å². The zero-order valence-electron chi connectivity index (χ0n) is 21.8. The van der Waals surface area contributed by atoms with Gasteiger partial charge in [-0.15, -0.1) is 0 Å². The summed E-state index contributed by atoms with van der Waals surface area (Å²) < 4.78 is 7.06. The maximum atomic E-state index is 13.4. The molecule has 1 aromatic heterocycles. The zero-order valence-corrected chi connectivity index (χ0v) is 24.0. The van der Waals surface area contributed by atoms with E-state index in [1.54, 1.807) is 23.1 Å². The highest BCUT2D eigenvalue weighted by Crippen LogP contribution is 2.30. The number of aliphatic hydroxyl groups excluding tert-OH is 2. The van der Waals surface area contributed by atoms with Gasteiger partial charge < -0.3 is 30.2 Å². The molecule has 206 valence electrons. The van der Waals surface area contributed by atoms with Crippen LogP contribution in [0.4, 0.5) is 0 Å². The Morgan fingerprint density at radius 1 is 1.21 bits per heavy atom. The van der Waals surface area contributed by atoms with Crippen molar-refractivity contribution in [1.82, 2.24) is 15.2 Å². The van der Waals surface area contributed by atoms with Crippen LogP contribution in [-0.2, 0) is 16.0 Å². The number of aromatic amines is 1. The van der Waals surface area contributed by atoms with E-state index in [0.29, 0.717) is 30.7 Å². The van der Waals surface area contributed by atoms with Crippen LogP contribution in [-0.4, -0.2) is 69.9 Å². The molecule has 0 unspecified atom stereocenters. The van der Waals surface area contributed by atoms with Crippen molar-refractivity contribution >= 4 is 45.3 Å². The number of halogens is 1. The zero-order chi connectivity index (χ0) is 27.8. The van der Waals surface area contributed by atoms with E-state index in [1.165, 1.54) is 6.08 Å². The van der Waals surface area contributed by atoms with Gasteiger partial charge in [0.05, 0.1) is 16.2 Å². The number of benzene rings is 2. The fraction of sp³-hybridized carbons (Fsp3) is 0.333. The summed E-state index contributed by atoms with van der Waals surface area (Å²) in [5.41, 5.74) is 2.39. The van der Waals surface area contributed by atoms with Gasteiger partial charge in [-0.1, -0.05) is 43.3 Å². The number of fused-ring (bicyclic) bond motifs is 1. The molecular formula is C30H34IN3O5. The van der Waals surface area contributed by atoms with Crippen molar-refractivity contribution in [3.05, 3.63) is 87.7 Å². The van der Waals surface area contributed by atoms with Gasteiger partial charge in [0.1, 0.15) is 18.0 Å². The van der Waals surface area contributed by atoms with Crippen LogP contribution in [0.1, 0.15) is 25.5 Å². The van der Waals surface area contributed by atoms with Gasteiger partial charge in [0.25, 0.3) is 0 Å². The molecule has 8 nitrogen and oxygen atoms in total. The van der Waals surface area contributed by atoms with Crippen molar-refractivity contribution < 1.29 is 24.5 Å². The Labute approximate surface area is 241 Å². The number of allylic oxidation sites excluding steroid dienone is 1. The van der Waals surface area contributed by atoms with Gasteiger partial charge in [-0.2, -0.15) is 0 Å². The molecule has 0 spiro atoms. The first-order chi connectivity index (χ1) is 18.9. The summed E-state index contributed by atoms with van der Waals surface area (Å²) in [5.74, 6) is -0.0116. The number of aromatic nitrogens is 1. The van der Waals surface area contributed by atoms with Gasteiger partial charge in [0.2, 0.25) is 11.8 Å². The summed E-state index contributed by atoms with van der Waals surface area (Å²) in [6, 6.07) is 16.8. The van der Waals surface area contributed by atoms with Crippen LogP contribution in [0.15, 0.2) is 78.4 Å². The average molecular weight is 644 g/mol. The van der Waals surface area contributed by atoms with Gasteiger partial charge in [-0.25, -0.2) is 0 Å². The summed E-state index contributed by atoms with van der Waals surface area (Å²) in [5, 5.41) is 24.5. The molecule has 0 radical (unpaired) electrons. The third-order valence-corrected chi connectivity index (χ3v) is 7.59. The lowest BCUT2D eigenvalue weighted by Gasteiger charge is -2.40. The highest BCUT2D eigenvalue weighted by molar-refractivity contribution is 14.1. The highest BCUT2D eigenvalue weighted by atomic mass is 127. The van der Waals surface area contributed by atoms with E-state index in [2.05, 4.69) is 39.0 Å². The molecule has 0 bridgehead atoms. The van der Waals surface area contributed by atoms with Crippen molar-refractivity contribution in [3.63, 3.8) is 0 Å². The highest BCUT2D eigenvalue weighted by Gasteiger charge is 2.40. The van der Waals surface area contributed by atoms with Gasteiger partial charge in [0, 0.05) is 42.7 Å².